The van der Waals surface area contributed by atoms with Crippen LogP contribution in [0.5, 0.6) is 0 Å². The average Bonchev–Trinajstić information content (AvgIpc) is 2.98. The van der Waals surface area contributed by atoms with E-state index in [4.69, 9.17) is 4.42 Å². The Morgan fingerprint density at radius 1 is 1.58 bits per heavy atom. The van der Waals surface area contributed by atoms with Crippen molar-refractivity contribution in [1.29, 1.82) is 0 Å². The lowest BCUT2D eigenvalue weighted by atomic mass is 10.2. The predicted molar refractivity (Wildman–Crippen MR) is 71.1 cm³/mol. The molecule has 0 saturated heterocycles. The highest BCUT2D eigenvalue weighted by molar-refractivity contribution is 6.02. The molecule has 5 nitrogen and oxygen atoms in total. The zero-order valence-electron chi connectivity index (χ0n) is 11.1. The lowest BCUT2D eigenvalue weighted by Crippen LogP contribution is -2.18. The van der Waals surface area contributed by atoms with Gasteiger partial charge in [-0.05, 0) is 44.7 Å². The zero-order valence-corrected chi connectivity index (χ0v) is 11.1. The molecule has 1 aliphatic rings. The molecule has 1 aliphatic carbocycles. The fourth-order valence-electron chi connectivity index (χ4n) is 2.27. The zero-order chi connectivity index (χ0) is 13.4. The molecular weight excluding hydrogens is 242 g/mol. The molecular formula is C14H17N3O2. The van der Waals surface area contributed by atoms with Gasteiger partial charge in [-0.25, -0.2) is 4.68 Å². The minimum Gasteiger partial charge on any atom is -0.459 e. The minimum atomic E-state index is -0.238. The van der Waals surface area contributed by atoms with Gasteiger partial charge in [0, 0.05) is 5.56 Å². The van der Waals surface area contributed by atoms with Crippen molar-refractivity contribution in [2.75, 3.05) is 5.32 Å². The van der Waals surface area contributed by atoms with Crippen LogP contribution in [0.25, 0.3) is 0 Å². The topological polar surface area (TPSA) is 60.1 Å². The lowest BCUT2D eigenvalue weighted by molar-refractivity contribution is 0.0995. The van der Waals surface area contributed by atoms with Crippen LogP contribution in [0.3, 0.4) is 0 Å². The van der Waals surface area contributed by atoms with Gasteiger partial charge in [0.1, 0.15) is 5.82 Å². The van der Waals surface area contributed by atoms with Crippen LogP contribution in [0, 0.1) is 12.8 Å². The normalized spacial score (nSPS) is 16.3. The number of aromatic nitrogens is 2. The second-order valence-corrected chi connectivity index (χ2v) is 5.13. The molecule has 2 heterocycles. The summed E-state index contributed by atoms with van der Waals surface area (Å²) in [6, 6.07) is 3.67. The maximum atomic E-state index is 12.0. The smallest absolute Gasteiger partial charge is 0.292 e. The third-order valence-electron chi connectivity index (χ3n) is 3.65. The van der Waals surface area contributed by atoms with Crippen LogP contribution in [0.4, 0.5) is 5.82 Å². The molecule has 1 amide bonds. The number of nitrogens with one attached hydrogen (secondary N) is 1. The molecule has 19 heavy (non-hydrogen) atoms. The molecule has 100 valence electrons. The van der Waals surface area contributed by atoms with Gasteiger partial charge in [0.05, 0.1) is 18.5 Å². The molecule has 1 atom stereocenters. The minimum absolute atomic E-state index is 0.238. The molecule has 1 unspecified atom stereocenters. The van der Waals surface area contributed by atoms with Crippen LogP contribution in [0.15, 0.2) is 29.0 Å². The molecule has 1 N–H and O–H groups in total. The first-order valence-corrected chi connectivity index (χ1v) is 6.56. The van der Waals surface area contributed by atoms with E-state index in [2.05, 4.69) is 17.3 Å². The Morgan fingerprint density at radius 2 is 2.37 bits per heavy atom. The van der Waals surface area contributed by atoms with Gasteiger partial charge >= 0.3 is 0 Å². The number of furan rings is 1. The van der Waals surface area contributed by atoms with Crippen LogP contribution in [0.2, 0.25) is 0 Å². The summed E-state index contributed by atoms with van der Waals surface area (Å²) < 4.78 is 7.01. The van der Waals surface area contributed by atoms with Crippen molar-refractivity contribution in [3.63, 3.8) is 0 Å². The Morgan fingerprint density at radius 3 is 3.00 bits per heavy atom. The van der Waals surface area contributed by atoms with Crippen LogP contribution in [-0.4, -0.2) is 15.7 Å². The molecule has 0 aliphatic heterocycles. The third kappa shape index (κ3) is 2.28. The number of hydrogen-bond acceptors (Lipinski definition) is 3. The molecule has 1 saturated carbocycles. The highest BCUT2D eigenvalue weighted by Crippen LogP contribution is 2.40. The van der Waals surface area contributed by atoms with Crippen molar-refractivity contribution in [2.24, 2.45) is 5.92 Å². The summed E-state index contributed by atoms with van der Waals surface area (Å²) in [4.78, 5) is 12.0. The number of rotatable bonds is 4. The van der Waals surface area contributed by atoms with Crippen molar-refractivity contribution in [3.05, 3.63) is 35.9 Å². The SMILES string of the molecule is Cc1cnn(C(C)C2CC2)c1NC(=O)c1ccco1. The van der Waals surface area contributed by atoms with Crippen LogP contribution in [0.1, 0.15) is 41.9 Å². The number of nitrogens with zero attached hydrogens (tertiary/aromatic N) is 2. The number of carbonyl (C=O) groups excluding carboxylic acids is 1. The van der Waals surface area contributed by atoms with E-state index in [0.29, 0.717) is 17.7 Å². The van der Waals surface area contributed by atoms with Crippen LogP contribution >= 0.6 is 0 Å². The summed E-state index contributed by atoms with van der Waals surface area (Å²) >= 11 is 0. The van der Waals surface area contributed by atoms with Crippen LogP contribution < -0.4 is 5.32 Å². The fraction of sp³-hybridized carbons (Fsp3) is 0.429. The van der Waals surface area contributed by atoms with Crippen molar-refractivity contribution in [3.8, 4) is 0 Å². The standard InChI is InChI=1S/C14H17N3O2/c1-9-8-15-17(10(2)11-5-6-11)13(9)16-14(18)12-4-3-7-19-12/h3-4,7-8,10-11H,5-6H2,1-2H3,(H,16,18). The molecule has 0 aromatic carbocycles. The van der Waals surface area contributed by atoms with Gasteiger partial charge in [-0.1, -0.05) is 0 Å². The van der Waals surface area contributed by atoms with Gasteiger partial charge in [0.25, 0.3) is 5.91 Å². The molecule has 2 aromatic rings. The Labute approximate surface area is 111 Å². The monoisotopic (exact) mass is 259 g/mol. The number of hydrogen-bond donors (Lipinski definition) is 1. The van der Waals surface area contributed by atoms with Gasteiger partial charge in [0.15, 0.2) is 5.76 Å². The van der Waals surface area contributed by atoms with E-state index in [0.717, 1.165) is 11.4 Å². The maximum Gasteiger partial charge on any atom is 0.292 e. The van der Waals surface area contributed by atoms with E-state index in [1.54, 1.807) is 18.3 Å². The summed E-state index contributed by atoms with van der Waals surface area (Å²) in [7, 11) is 0. The van der Waals surface area contributed by atoms with E-state index in [1.807, 2.05) is 11.6 Å². The van der Waals surface area contributed by atoms with Gasteiger partial charge < -0.3 is 9.73 Å². The Kier molecular flexibility index (Phi) is 2.89. The maximum absolute atomic E-state index is 12.0. The van der Waals surface area contributed by atoms with Crippen molar-refractivity contribution in [2.45, 2.75) is 32.7 Å². The number of anilines is 1. The van der Waals surface area contributed by atoms with Crippen molar-refractivity contribution >= 4 is 11.7 Å². The van der Waals surface area contributed by atoms with E-state index < -0.39 is 0 Å². The Balaban J connectivity index is 1.83. The van der Waals surface area contributed by atoms with Gasteiger partial charge in [0.2, 0.25) is 0 Å². The summed E-state index contributed by atoms with van der Waals surface area (Å²) in [5.74, 6) is 1.52. The average molecular weight is 259 g/mol. The summed E-state index contributed by atoms with van der Waals surface area (Å²) in [5.41, 5.74) is 0.965. The first kappa shape index (κ1) is 12.0. The first-order valence-electron chi connectivity index (χ1n) is 6.56. The van der Waals surface area contributed by atoms with Crippen LogP contribution in [-0.2, 0) is 0 Å². The molecule has 2 aromatic heterocycles. The summed E-state index contributed by atoms with van der Waals surface area (Å²) in [6.45, 7) is 4.09. The molecule has 3 rings (SSSR count). The predicted octanol–water partition coefficient (Wildman–Crippen LogP) is 3.01. The van der Waals surface area contributed by atoms with Crippen molar-refractivity contribution in [1.82, 2.24) is 9.78 Å². The quantitative estimate of drug-likeness (QED) is 0.918. The van der Waals surface area contributed by atoms with Gasteiger partial charge in [-0.15, -0.1) is 0 Å². The largest absolute Gasteiger partial charge is 0.459 e. The van der Waals surface area contributed by atoms with Gasteiger partial charge in [-0.3, -0.25) is 4.79 Å². The van der Waals surface area contributed by atoms with E-state index in [-0.39, 0.29) is 5.91 Å². The van der Waals surface area contributed by atoms with Crippen molar-refractivity contribution < 1.29 is 9.21 Å². The number of amides is 1. The lowest BCUT2D eigenvalue weighted by Gasteiger charge is -2.15. The third-order valence-corrected chi connectivity index (χ3v) is 3.65. The molecule has 1 fully saturated rings. The highest BCUT2D eigenvalue weighted by atomic mass is 16.3. The Bertz CT molecular complexity index is 582. The molecule has 0 radical (unpaired) electrons. The highest BCUT2D eigenvalue weighted by Gasteiger charge is 2.31. The molecule has 5 heteroatoms. The first-order chi connectivity index (χ1) is 9.16. The second-order valence-electron chi connectivity index (χ2n) is 5.13. The molecule has 0 spiro atoms. The number of carbonyl (C=O) groups is 1. The van der Waals surface area contributed by atoms with E-state index in [1.165, 1.54) is 19.1 Å². The fourth-order valence-corrected chi connectivity index (χ4v) is 2.27. The van der Waals surface area contributed by atoms with E-state index in [9.17, 15) is 4.79 Å². The summed E-state index contributed by atoms with van der Waals surface area (Å²) in [6.07, 6.45) is 5.76. The summed E-state index contributed by atoms with van der Waals surface area (Å²) in [5, 5.41) is 7.28. The number of aryl methyl sites for hydroxylation is 1. The Hall–Kier alpha value is -2.04. The molecule has 0 bridgehead atoms. The van der Waals surface area contributed by atoms with E-state index >= 15 is 0 Å². The van der Waals surface area contributed by atoms with Gasteiger partial charge in [-0.2, -0.15) is 5.10 Å². The second kappa shape index (κ2) is 4.57.